The van der Waals surface area contributed by atoms with Crippen LogP contribution in [0.3, 0.4) is 0 Å². The van der Waals surface area contributed by atoms with Crippen molar-refractivity contribution in [3.63, 3.8) is 0 Å². The predicted molar refractivity (Wildman–Crippen MR) is 116 cm³/mol. The van der Waals surface area contributed by atoms with Crippen molar-refractivity contribution in [2.45, 2.75) is 85.0 Å². The van der Waals surface area contributed by atoms with E-state index in [9.17, 15) is 15.3 Å². The van der Waals surface area contributed by atoms with Crippen LogP contribution in [0.4, 0.5) is 0 Å². The van der Waals surface area contributed by atoms with E-state index in [1.807, 2.05) is 6.07 Å². The Bertz CT molecular complexity index is 848. The molecule has 3 N–H and O–H groups in total. The second kappa shape index (κ2) is 7.61. The third-order valence-corrected chi connectivity index (χ3v) is 8.65. The maximum Gasteiger partial charge on any atom is 0.126 e. The summed E-state index contributed by atoms with van der Waals surface area (Å²) >= 11 is 0. The van der Waals surface area contributed by atoms with Crippen LogP contribution in [-0.2, 0) is 18.0 Å². The fourth-order valence-corrected chi connectivity index (χ4v) is 7.26. The van der Waals surface area contributed by atoms with E-state index >= 15 is 0 Å². The SMILES string of the molecule is CC1(C)CCC[C@]2(C)[C@H]3CC(c4ccc(CO)nc4CO)=C(CO)O[C@]3(C)CC[C@@H]12. The number of aliphatic hydroxyl groups excluding tert-OH is 3. The van der Waals surface area contributed by atoms with Gasteiger partial charge in [-0.05, 0) is 61.8 Å². The topological polar surface area (TPSA) is 82.8 Å². The molecule has 0 saturated heterocycles. The quantitative estimate of drug-likeness (QED) is 0.687. The highest BCUT2D eigenvalue weighted by Gasteiger charge is 2.60. The lowest BCUT2D eigenvalue weighted by molar-refractivity contribution is -0.182. The number of aromatic nitrogens is 1. The van der Waals surface area contributed by atoms with Crippen molar-refractivity contribution in [2.24, 2.45) is 22.7 Å². The minimum Gasteiger partial charge on any atom is -0.489 e. The van der Waals surface area contributed by atoms with Crippen molar-refractivity contribution < 1.29 is 20.1 Å². The van der Waals surface area contributed by atoms with Gasteiger partial charge in [0.05, 0.1) is 24.6 Å². The molecule has 0 bridgehead atoms. The number of fused-ring (bicyclic) bond motifs is 3. The zero-order valence-corrected chi connectivity index (χ0v) is 18.9. The summed E-state index contributed by atoms with van der Waals surface area (Å²) in [4.78, 5) is 4.43. The van der Waals surface area contributed by atoms with Gasteiger partial charge in [0.2, 0.25) is 0 Å². The Labute approximate surface area is 180 Å². The Morgan fingerprint density at radius 2 is 1.73 bits per heavy atom. The number of nitrogens with zero attached hydrogens (tertiary/aromatic N) is 1. The highest BCUT2D eigenvalue weighted by molar-refractivity contribution is 5.70. The highest BCUT2D eigenvalue weighted by atomic mass is 16.5. The fourth-order valence-electron chi connectivity index (χ4n) is 7.26. The first kappa shape index (κ1) is 21.8. The van der Waals surface area contributed by atoms with Gasteiger partial charge < -0.3 is 20.1 Å². The Kier molecular flexibility index (Phi) is 5.53. The van der Waals surface area contributed by atoms with E-state index in [2.05, 4.69) is 32.7 Å². The summed E-state index contributed by atoms with van der Waals surface area (Å²) in [6, 6.07) is 3.70. The second-order valence-electron chi connectivity index (χ2n) is 10.8. The van der Waals surface area contributed by atoms with Crippen molar-refractivity contribution in [2.75, 3.05) is 6.61 Å². The molecule has 0 spiro atoms. The summed E-state index contributed by atoms with van der Waals surface area (Å²) in [5.41, 5.74) is 3.10. The Morgan fingerprint density at radius 3 is 2.40 bits per heavy atom. The Morgan fingerprint density at radius 1 is 0.967 bits per heavy atom. The van der Waals surface area contributed by atoms with Crippen LogP contribution in [0.2, 0.25) is 0 Å². The van der Waals surface area contributed by atoms with Gasteiger partial charge in [0.1, 0.15) is 18.0 Å². The van der Waals surface area contributed by atoms with Crippen molar-refractivity contribution in [1.82, 2.24) is 4.98 Å². The minimum absolute atomic E-state index is 0.157. The Hall–Kier alpha value is -1.43. The zero-order chi connectivity index (χ0) is 21.7. The second-order valence-corrected chi connectivity index (χ2v) is 10.8. The van der Waals surface area contributed by atoms with Crippen LogP contribution in [0, 0.1) is 22.7 Å². The molecular weight excluding hydrogens is 378 g/mol. The maximum absolute atomic E-state index is 10.2. The van der Waals surface area contributed by atoms with E-state index < -0.39 is 0 Å². The molecule has 1 aliphatic heterocycles. The first-order valence-corrected chi connectivity index (χ1v) is 11.4. The van der Waals surface area contributed by atoms with Crippen molar-refractivity contribution in [3.8, 4) is 0 Å². The molecule has 30 heavy (non-hydrogen) atoms. The van der Waals surface area contributed by atoms with Crippen molar-refractivity contribution in [3.05, 3.63) is 34.8 Å². The third-order valence-electron chi connectivity index (χ3n) is 8.65. The molecule has 2 heterocycles. The minimum atomic E-state index is -0.280. The van der Waals surface area contributed by atoms with Gasteiger partial charge in [0, 0.05) is 17.1 Å². The highest BCUT2D eigenvalue weighted by Crippen LogP contribution is 2.65. The van der Waals surface area contributed by atoms with Gasteiger partial charge in [-0.3, -0.25) is 4.98 Å². The average molecular weight is 416 g/mol. The standard InChI is InChI=1S/C25H37NO4/c1-23(2)9-5-10-24(3)21(23)8-11-25(4)22(24)12-18(20(15-29)30-25)17-7-6-16(13-27)26-19(17)14-28/h6-7,21-22,27-29H,5,8-15H2,1-4H3/t21-,22+,24-,25+/m0/s1. The lowest BCUT2D eigenvalue weighted by Crippen LogP contribution is -2.59. The van der Waals surface area contributed by atoms with Gasteiger partial charge in [0.15, 0.2) is 0 Å². The van der Waals surface area contributed by atoms with E-state index in [1.54, 1.807) is 6.07 Å². The van der Waals surface area contributed by atoms with Crippen LogP contribution in [0.25, 0.3) is 5.57 Å². The zero-order valence-electron chi connectivity index (χ0n) is 18.9. The third kappa shape index (κ3) is 3.30. The molecule has 1 aromatic rings. The van der Waals surface area contributed by atoms with Gasteiger partial charge in [-0.15, -0.1) is 0 Å². The molecule has 166 valence electrons. The van der Waals surface area contributed by atoms with E-state index in [-0.39, 0.29) is 30.8 Å². The van der Waals surface area contributed by atoms with E-state index in [0.29, 0.717) is 34.4 Å². The Balaban J connectivity index is 1.80. The smallest absolute Gasteiger partial charge is 0.126 e. The number of pyridine rings is 1. The van der Waals surface area contributed by atoms with Gasteiger partial charge in [-0.25, -0.2) is 0 Å². The summed E-state index contributed by atoms with van der Waals surface area (Å²) in [6.45, 7) is 9.03. The summed E-state index contributed by atoms with van der Waals surface area (Å²) < 4.78 is 6.60. The first-order chi connectivity index (χ1) is 14.2. The number of aliphatic hydroxyl groups is 3. The number of rotatable bonds is 4. The van der Waals surface area contributed by atoms with Crippen LogP contribution in [0.5, 0.6) is 0 Å². The van der Waals surface area contributed by atoms with Crippen LogP contribution in [0.1, 0.15) is 83.2 Å². The van der Waals surface area contributed by atoms with Gasteiger partial charge >= 0.3 is 0 Å². The van der Waals surface area contributed by atoms with E-state index in [0.717, 1.165) is 24.0 Å². The predicted octanol–water partition coefficient (Wildman–Crippen LogP) is 4.19. The first-order valence-electron chi connectivity index (χ1n) is 11.4. The number of hydrogen-bond donors (Lipinski definition) is 3. The molecule has 1 aromatic heterocycles. The fraction of sp³-hybridized carbons (Fsp3) is 0.720. The number of hydrogen-bond acceptors (Lipinski definition) is 5. The summed E-state index contributed by atoms with van der Waals surface area (Å²) in [6.07, 6.45) is 6.73. The van der Waals surface area contributed by atoms with Crippen molar-refractivity contribution >= 4 is 5.57 Å². The molecule has 2 fully saturated rings. The average Bonchev–Trinajstić information content (AvgIpc) is 2.71. The molecular formula is C25H37NO4. The monoisotopic (exact) mass is 415 g/mol. The van der Waals surface area contributed by atoms with E-state index in [1.165, 1.54) is 25.7 Å². The summed E-state index contributed by atoms with van der Waals surface area (Å²) in [7, 11) is 0. The van der Waals surface area contributed by atoms with Crippen LogP contribution >= 0.6 is 0 Å². The normalized spacial score (nSPS) is 35.4. The van der Waals surface area contributed by atoms with Gasteiger partial charge in [-0.2, -0.15) is 0 Å². The van der Waals surface area contributed by atoms with Crippen molar-refractivity contribution in [1.29, 1.82) is 0 Å². The number of ether oxygens (including phenoxy) is 1. The lowest BCUT2D eigenvalue weighted by Gasteiger charge is -2.63. The van der Waals surface area contributed by atoms with Gasteiger partial charge in [-0.1, -0.05) is 33.3 Å². The molecule has 2 aliphatic carbocycles. The number of allylic oxidation sites excluding steroid dienone is 1. The molecule has 0 unspecified atom stereocenters. The molecule has 4 rings (SSSR count). The molecule has 0 radical (unpaired) electrons. The summed E-state index contributed by atoms with van der Waals surface area (Å²) in [5.74, 6) is 1.61. The van der Waals surface area contributed by atoms with Crippen LogP contribution in [-0.4, -0.2) is 32.5 Å². The van der Waals surface area contributed by atoms with Gasteiger partial charge in [0.25, 0.3) is 0 Å². The molecule has 2 saturated carbocycles. The molecule has 5 heteroatoms. The largest absolute Gasteiger partial charge is 0.489 e. The van der Waals surface area contributed by atoms with E-state index in [4.69, 9.17) is 4.74 Å². The maximum atomic E-state index is 10.2. The lowest BCUT2D eigenvalue weighted by atomic mass is 9.44. The molecule has 4 atom stereocenters. The molecule has 3 aliphatic rings. The summed E-state index contributed by atoms with van der Waals surface area (Å²) in [5, 5.41) is 29.6. The van der Waals surface area contributed by atoms with Crippen LogP contribution in [0.15, 0.2) is 17.9 Å². The van der Waals surface area contributed by atoms with Crippen LogP contribution < -0.4 is 0 Å². The molecule has 0 aromatic carbocycles. The molecule has 5 nitrogen and oxygen atoms in total. The molecule has 0 amide bonds.